The Morgan fingerprint density at radius 2 is 1.72 bits per heavy atom. The van der Waals surface area contributed by atoms with Gasteiger partial charge in [-0.05, 0) is 57.0 Å². The molecule has 170 valence electrons. The molecular formula is C26H32N2O4. The molecule has 0 aromatic heterocycles. The second-order valence-electron chi connectivity index (χ2n) is 7.96. The Kier molecular flexibility index (Phi) is 7.23. The number of methoxy groups -OCH3 is 1. The number of nitrogens with zero attached hydrogens (tertiary/aromatic N) is 2. The van der Waals surface area contributed by atoms with Gasteiger partial charge in [0.15, 0.2) is 0 Å². The lowest BCUT2D eigenvalue weighted by Crippen LogP contribution is -2.30. The number of amides is 1. The molecule has 1 aliphatic heterocycles. The number of rotatable bonds is 8. The summed E-state index contributed by atoms with van der Waals surface area (Å²) in [4.78, 5) is 29.8. The van der Waals surface area contributed by atoms with E-state index in [9.17, 15) is 14.7 Å². The van der Waals surface area contributed by atoms with Crippen molar-refractivity contribution < 1.29 is 19.4 Å². The standard InChI is InChI=1S/C26H32N2O4/c1-6-15-28-23(18-10-12-19(13-11-18)27(7-2)8-3)22(25(30)26(28)31)24(29)20-16-17(4)9-14-21(20)32-5/h9-14,16,23,29H,6-8,15H2,1-5H3/b24-22+. The highest BCUT2D eigenvalue weighted by Gasteiger charge is 2.45. The number of likely N-dealkylation sites (tertiary alicyclic amines) is 1. The molecule has 1 fully saturated rings. The monoisotopic (exact) mass is 436 g/mol. The first-order chi connectivity index (χ1) is 15.4. The Morgan fingerprint density at radius 3 is 2.28 bits per heavy atom. The minimum atomic E-state index is -0.669. The summed E-state index contributed by atoms with van der Waals surface area (Å²) < 4.78 is 5.42. The van der Waals surface area contributed by atoms with Crippen molar-refractivity contribution in [3.63, 3.8) is 0 Å². The van der Waals surface area contributed by atoms with Crippen LogP contribution in [0.5, 0.6) is 5.75 Å². The Bertz CT molecular complexity index is 1020. The van der Waals surface area contributed by atoms with Crippen LogP contribution in [-0.4, -0.2) is 48.4 Å². The third-order valence-electron chi connectivity index (χ3n) is 5.95. The van der Waals surface area contributed by atoms with Crippen molar-refractivity contribution in [1.82, 2.24) is 4.90 Å². The molecule has 0 saturated carbocycles. The van der Waals surface area contributed by atoms with Gasteiger partial charge in [-0.1, -0.05) is 30.7 Å². The zero-order valence-corrected chi connectivity index (χ0v) is 19.5. The molecule has 32 heavy (non-hydrogen) atoms. The van der Waals surface area contributed by atoms with E-state index in [2.05, 4.69) is 18.7 Å². The summed E-state index contributed by atoms with van der Waals surface area (Å²) in [6, 6.07) is 12.6. The molecule has 0 bridgehead atoms. The maximum Gasteiger partial charge on any atom is 0.295 e. The van der Waals surface area contributed by atoms with Crippen molar-refractivity contribution in [3.8, 4) is 5.75 Å². The number of aliphatic hydroxyl groups excluding tert-OH is 1. The first-order valence-corrected chi connectivity index (χ1v) is 11.2. The molecule has 2 aromatic rings. The van der Waals surface area contributed by atoms with Gasteiger partial charge in [-0.2, -0.15) is 0 Å². The number of carbonyl (C=O) groups excluding carboxylic acids is 2. The lowest BCUT2D eigenvalue weighted by Gasteiger charge is -2.26. The highest BCUT2D eigenvalue weighted by Crippen LogP contribution is 2.41. The fourth-order valence-electron chi connectivity index (χ4n) is 4.31. The smallest absolute Gasteiger partial charge is 0.295 e. The van der Waals surface area contributed by atoms with Crippen LogP contribution in [0.1, 0.15) is 49.9 Å². The number of ketones is 1. The Hall–Kier alpha value is -3.28. The lowest BCUT2D eigenvalue weighted by molar-refractivity contribution is -0.139. The molecule has 1 atom stereocenters. The number of ether oxygens (including phenoxy) is 1. The fraction of sp³-hybridized carbons (Fsp3) is 0.385. The van der Waals surface area contributed by atoms with Crippen molar-refractivity contribution in [2.45, 2.75) is 40.2 Å². The topological polar surface area (TPSA) is 70.1 Å². The van der Waals surface area contributed by atoms with E-state index in [1.807, 2.05) is 44.2 Å². The second kappa shape index (κ2) is 9.90. The molecule has 1 heterocycles. The molecule has 6 nitrogen and oxygen atoms in total. The molecule has 2 aromatic carbocycles. The van der Waals surface area contributed by atoms with Crippen molar-refractivity contribution >= 4 is 23.1 Å². The van der Waals surface area contributed by atoms with Gasteiger partial charge in [-0.25, -0.2) is 0 Å². The molecule has 0 aliphatic carbocycles. The number of anilines is 1. The van der Waals surface area contributed by atoms with Gasteiger partial charge in [0.1, 0.15) is 11.5 Å². The van der Waals surface area contributed by atoms with Gasteiger partial charge in [0.2, 0.25) is 0 Å². The number of benzene rings is 2. The van der Waals surface area contributed by atoms with Crippen LogP contribution in [0.2, 0.25) is 0 Å². The van der Waals surface area contributed by atoms with Crippen molar-refractivity contribution in [3.05, 3.63) is 64.7 Å². The zero-order valence-electron chi connectivity index (χ0n) is 19.5. The van der Waals surface area contributed by atoms with E-state index in [1.165, 1.54) is 7.11 Å². The van der Waals surface area contributed by atoms with E-state index >= 15 is 0 Å². The number of aliphatic hydroxyl groups is 1. The third kappa shape index (κ3) is 4.22. The van der Waals surface area contributed by atoms with Crippen LogP contribution in [0, 0.1) is 6.92 Å². The minimum Gasteiger partial charge on any atom is -0.507 e. The first kappa shape index (κ1) is 23.4. The van der Waals surface area contributed by atoms with Crippen LogP contribution in [-0.2, 0) is 9.59 Å². The molecule has 3 rings (SSSR count). The van der Waals surface area contributed by atoms with E-state index in [-0.39, 0.29) is 11.3 Å². The normalized spacial score (nSPS) is 17.7. The number of hydrogen-bond acceptors (Lipinski definition) is 5. The lowest BCUT2D eigenvalue weighted by atomic mass is 9.94. The minimum absolute atomic E-state index is 0.0999. The Morgan fingerprint density at radius 1 is 1.06 bits per heavy atom. The highest BCUT2D eigenvalue weighted by molar-refractivity contribution is 6.46. The molecule has 1 aliphatic rings. The van der Waals surface area contributed by atoms with Crippen LogP contribution in [0.15, 0.2) is 48.0 Å². The van der Waals surface area contributed by atoms with Gasteiger partial charge in [-0.3, -0.25) is 9.59 Å². The van der Waals surface area contributed by atoms with Crippen LogP contribution in [0.25, 0.3) is 5.76 Å². The first-order valence-electron chi connectivity index (χ1n) is 11.2. The number of aryl methyl sites for hydroxylation is 1. The number of carbonyl (C=O) groups is 2. The molecule has 0 radical (unpaired) electrons. The predicted molar refractivity (Wildman–Crippen MR) is 127 cm³/mol. The molecule has 1 unspecified atom stereocenters. The summed E-state index contributed by atoms with van der Waals surface area (Å²) >= 11 is 0. The van der Waals surface area contributed by atoms with Crippen LogP contribution in [0.3, 0.4) is 0 Å². The van der Waals surface area contributed by atoms with Gasteiger partial charge >= 0.3 is 0 Å². The summed E-state index contributed by atoms with van der Waals surface area (Å²) in [5.74, 6) is -1.01. The summed E-state index contributed by atoms with van der Waals surface area (Å²) in [5.41, 5.74) is 3.29. The van der Waals surface area contributed by atoms with Crippen LogP contribution >= 0.6 is 0 Å². The van der Waals surface area contributed by atoms with Crippen molar-refractivity contribution in [2.24, 2.45) is 0 Å². The molecule has 1 N–H and O–H groups in total. The highest BCUT2D eigenvalue weighted by atomic mass is 16.5. The zero-order chi connectivity index (χ0) is 23.4. The summed E-state index contributed by atoms with van der Waals surface area (Å²) in [7, 11) is 1.51. The number of Topliss-reactive ketones (excluding diaryl/α,β-unsaturated/α-hetero) is 1. The van der Waals surface area contributed by atoms with E-state index in [0.717, 1.165) is 29.9 Å². The fourth-order valence-corrected chi connectivity index (χ4v) is 4.31. The third-order valence-corrected chi connectivity index (χ3v) is 5.95. The molecule has 1 saturated heterocycles. The predicted octanol–water partition coefficient (Wildman–Crippen LogP) is 4.68. The maximum atomic E-state index is 13.1. The molecule has 6 heteroatoms. The second-order valence-corrected chi connectivity index (χ2v) is 7.96. The van der Waals surface area contributed by atoms with Gasteiger partial charge < -0.3 is 19.6 Å². The summed E-state index contributed by atoms with van der Waals surface area (Å²) in [6.45, 7) is 10.3. The van der Waals surface area contributed by atoms with E-state index in [4.69, 9.17) is 4.74 Å². The molecule has 0 spiro atoms. The average Bonchev–Trinajstić information content (AvgIpc) is 3.05. The largest absolute Gasteiger partial charge is 0.507 e. The van der Waals surface area contributed by atoms with Crippen molar-refractivity contribution in [1.29, 1.82) is 0 Å². The molecular weight excluding hydrogens is 404 g/mol. The maximum absolute atomic E-state index is 13.1. The SMILES string of the molecule is CCCN1C(=O)C(=O)/C(=C(/O)c2cc(C)ccc2OC)C1c1ccc(N(CC)CC)cc1. The summed E-state index contributed by atoms with van der Waals surface area (Å²) in [6.07, 6.45) is 0.703. The van der Waals surface area contributed by atoms with Gasteiger partial charge in [-0.15, -0.1) is 0 Å². The van der Waals surface area contributed by atoms with E-state index < -0.39 is 17.7 Å². The number of hydrogen-bond donors (Lipinski definition) is 1. The van der Waals surface area contributed by atoms with Gasteiger partial charge in [0, 0.05) is 25.3 Å². The Balaban J connectivity index is 2.17. The van der Waals surface area contributed by atoms with E-state index in [0.29, 0.717) is 24.3 Å². The van der Waals surface area contributed by atoms with Gasteiger partial charge in [0.05, 0.1) is 24.3 Å². The van der Waals surface area contributed by atoms with Crippen LogP contribution < -0.4 is 9.64 Å². The quantitative estimate of drug-likeness (QED) is 0.370. The summed E-state index contributed by atoms with van der Waals surface area (Å²) in [5, 5.41) is 11.3. The average molecular weight is 437 g/mol. The van der Waals surface area contributed by atoms with Crippen LogP contribution in [0.4, 0.5) is 5.69 Å². The molecule has 1 amide bonds. The van der Waals surface area contributed by atoms with Crippen molar-refractivity contribution in [2.75, 3.05) is 31.6 Å². The van der Waals surface area contributed by atoms with E-state index in [1.54, 1.807) is 17.0 Å². The van der Waals surface area contributed by atoms with Gasteiger partial charge in [0.25, 0.3) is 11.7 Å². The Labute approximate surface area is 190 Å².